The molecule has 114 valence electrons. The van der Waals surface area contributed by atoms with E-state index in [0.717, 1.165) is 0 Å². The third-order valence-electron chi connectivity index (χ3n) is 2.74. The summed E-state index contributed by atoms with van der Waals surface area (Å²) in [5.41, 5.74) is 8.53. The molecular formula is C11H8N4O6S. The SMILES string of the molecule is [N-]=[N+]=Nc1ccc(C(=O)ON2C(=O)CC(S(=O)O)C2=O)cc1. The number of imide groups is 1. The summed E-state index contributed by atoms with van der Waals surface area (Å²) >= 11 is -2.53. The Morgan fingerprint density at radius 2 is 2.05 bits per heavy atom. The van der Waals surface area contributed by atoms with Gasteiger partial charge in [-0.1, -0.05) is 17.2 Å². The molecule has 1 aromatic rings. The molecule has 2 rings (SSSR count). The zero-order valence-corrected chi connectivity index (χ0v) is 11.6. The van der Waals surface area contributed by atoms with E-state index in [4.69, 9.17) is 10.1 Å². The number of rotatable bonds is 4. The molecule has 0 aliphatic carbocycles. The lowest BCUT2D eigenvalue weighted by molar-refractivity contribution is -0.172. The van der Waals surface area contributed by atoms with Crippen molar-refractivity contribution in [1.29, 1.82) is 0 Å². The number of hydroxylamine groups is 2. The Kier molecular flexibility index (Phi) is 4.51. The van der Waals surface area contributed by atoms with Crippen molar-refractivity contribution in [3.8, 4) is 0 Å². The Balaban J connectivity index is 2.11. The molecular weight excluding hydrogens is 316 g/mol. The van der Waals surface area contributed by atoms with Crippen molar-refractivity contribution in [3.05, 3.63) is 40.3 Å². The highest BCUT2D eigenvalue weighted by molar-refractivity contribution is 7.80. The minimum absolute atomic E-state index is 0.00561. The molecule has 1 heterocycles. The van der Waals surface area contributed by atoms with Crippen molar-refractivity contribution in [2.45, 2.75) is 11.7 Å². The number of carbonyl (C=O) groups is 3. The lowest BCUT2D eigenvalue weighted by atomic mass is 10.2. The van der Waals surface area contributed by atoms with Crippen LogP contribution in [0, 0.1) is 0 Å². The molecule has 1 saturated heterocycles. The number of hydrogen-bond donors (Lipinski definition) is 1. The van der Waals surface area contributed by atoms with Crippen LogP contribution in [0.15, 0.2) is 29.4 Å². The van der Waals surface area contributed by atoms with Crippen LogP contribution in [0.1, 0.15) is 16.8 Å². The molecule has 0 aromatic heterocycles. The Labute approximate surface area is 125 Å². The second-order valence-electron chi connectivity index (χ2n) is 4.11. The van der Waals surface area contributed by atoms with Crippen molar-refractivity contribution >= 4 is 34.6 Å². The molecule has 1 aliphatic rings. The zero-order valence-electron chi connectivity index (χ0n) is 10.8. The fraction of sp³-hybridized carbons (Fsp3) is 0.182. The van der Waals surface area contributed by atoms with E-state index in [2.05, 4.69) is 14.9 Å². The molecule has 0 bridgehead atoms. The predicted octanol–water partition coefficient (Wildman–Crippen LogP) is 1.05. The summed E-state index contributed by atoms with van der Waals surface area (Å²) in [5, 5.41) is 2.06. The lowest BCUT2D eigenvalue weighted by Crippen LogP contribution is -2.35. The zero-order chi connectivity index (χ0) is 16.3. The highest BCUT2D eigenvalue weighted by atomic mass is 32.2. The molecule has 0 saturated carbocycles. The van der Waals surface area contributed by atoms with E-state index in [1.54, 1.807) is 0 Å². The van der Waals surface area contributed by atoms with Crippen LogP contribution in [0.5, 0.6) is 0 Å². The first-order valence-corrected chi connectivity index (χ1v) is 6.95. The number of nitrogens with zero attached hydrogens (tertiary/aromatic N) is 4. The topological polar surface area (TPSA) is 150 Å². The third-order valence-corrected chi connectivity index (χ3v) is 3.60. The molecule has 0 spiro atoms. The number of carbonyl (C=O) groups excluding carboxylic acids is 3. The van der Waals surface area contributed by atoms with E-state index in [9.17, 15) is 18.6 Å². The van der Waals surface area contributed by atoms with Crippen molar-refractivity contribution in [2.24, 2.45) is 5.11 Å². The summed E-state index contributed by atoms with van der Waals surface area (Å²) in [6.07, 6.45) is -0.509. The minimum Gasteiger partial charge on any atom is -0.325 e. The summed E-state index contributed by atoms with van der Waals surface area (Å²) in [6, 6.07) is 5.24. The van der Waals surface area contributed by atoms with Crippen LogP contribution in [0.4, 0.5) is 5.69 Å². The van der Waals surface area contributed by atoms with E-state index in [-0.39, 0.29) is 16.3 Å². The third kappa shape index (κ3) is 3.11. The predicted molar refractivity (Wildman–Crippen MR) is 71.7 cm³/mol. The number of amides is 2. The Bertz CT molecular complexity index is 712. The van der Waals surface area contributed by atoms with Crippen molar-refractivity contribution in [2.75, 3.05) is 0 Å². The molecule has 1 fully saturated rings. The maximum absolute atomic E-state index is 11.8. The van der Waals surface area contributed by atoms with E-state index in [1.165, 1.54) is 24.3 Å². The van der Waals surface area contributed by atoms with Gasteiger partial charge in [0.25, 0.3) is 11.8 Å². The van der Waals surface area contributed by atoms with Gasteiger partial charge in [-0.15, -0.1) is 5.06 Å². The van der Waals surface area contributed by atoms with Gasteiger partial charge in [-0.3, -0.25) is 9.59 Å². The molecule has 1 aromatic carbocycles. The van der Waals surface area contributed by atoms with Crippen LogP contribution in [0.2, 0.25) is 0 Å². The summed E-state index contributed by atoms with van der Waals surface area (Å²) < 4.78 is 19.8. The highest BCUT2D eigenvalue weighted by Crippen LogP contribution is 2.20. The van der Waals surface area contributed by atoms with E-state index in [0.29, 0.717) is 0 Å². The van der Waals surface area contributed by atoms with E-state index >= 15 is 0 Å². The van der Waals surface area contributed by atoms with E-state index in [1.807, 2.05) is 0 Å². The van der Waals surface area contributed by atoms with E-state index < -0.39 is 40.5 Å². The van der Waals surface area contributed by atoms with Crippen molar-refractivity contribution in [1.82, 2.24) is 5.06 Å². The summed E-state index contributed by atoms with van der Waals surface area (Å²) in [5.74, 6) is -2.93. The Morgan fingerprint density at radius 1 is 1.41 bits per heavy atom. The summed E-state index contributed by atoms with van der Waals surface area (Å²) in [7, 11) is 0. The molecule has 11 heteroatoms. The molecule has 2 unspecified atom stereocenters. The molecule has 10 nitrogen and oxygen atoms in total. The van der Waals surface area contributed by atoms with Gasteiger partial charge in [0.1, 0.15) is 0 Å². The normalized spacial score (nSPS) is 18.8. The molecule has 1 aliphatic heterocycles. The largest absolute Gasteiger partial charge is 0.363 e. The second-order valence-corrected chi connectivity index (χ2v) is 5.23. The Hall–Kier alpha value is -2.75. The summed E-state index contributed by atoms with van der Waals surface area (Å²) in [4.78, 5) is 42.3. The second kappa shape index (κ2) is 6.35. The standard InChI is InChI=1S/C11H8N4O6S/c12-14-13-7-3-1-6(2-4-7)11(18)21-15-9(16)5-8(10(15)17)22(19)20/h1-4,8H,5H2,(H,19,20). The Morgan fingerprint density at radius 3 is 2.55 bits per heavy atom. The van der Waals surface area contributed by atoms with Gasteiger partial charge in [0.2, 0.25) is 0 Å². The maximum atomic E-state index is 11.8. The maximum Gasteiger partial charge on any atom is 0.363 e. The van der Waals surface area contributed by atoms with Gasteiger partial charge in [-0.25, -0.2) is 9.00 Å². The van der Waals surface area contributed by atoms with Crippen molar-refractivity contribution in [3.63, 3.8) is 0 Å². The average Bonchev–Trinajstić information content (AvgIpc) is 2.76. The van der Waals surface area contributed by atoms with Crippen LogP contribution in [-0.4, -0.2) is 36.9 Å². The lowest BCUT2D eigenvalue weighted by Gasteiger charge is -2.13. The molecule has 1 N–H and O–H groups in total. The average molecular weight is 324 g/mol. The first-order chi connectivity index (χ1) is 10.4. The van der Waals surface area contributed by atoms with Crippen LogP contribution in [0.25, 0.3) is 10.4 Å². The smallest absolute Gasteiger partial charge is 0.325 e. The highest BCUT2D eigenvalue weighted by Gasteiger charge is 2.45. The monoisotopic (exact) mass is 324 g/mol. The van der Waals surface area contributed by atoms with Crippen LogP contribution >= 0.6 is 0 Å². The fourth-order valence-electron chi connectivity index (χ4n) is 1.69. The number of hydrogen-bond acceptors (Lipinski definition) is 6. The molecule has 2 amide bonds. The van der Waals surface area contributed by atoms with Gasteiger partial charge in [-0.2, -0.15) is 0 Å². The summed E-state index contributed by atoms with van der Waals surface area (Å²) in [6.45, 7) is 0. The van der Waals surface area contributed by atoms with Gasteiger partial charge in [0.15, 0.2) is 16.3 Å². The van der Waals surface area contributed by atoms with Gasteiger partial charge in [-0.05, 0) is 17.7 Å². The first-order valence-electron chi connectivity index (χ1n) is 5.78. The quantitative estimate of drug-likeness (QED) is 0.287. The molecule has 22 heavy (non-hydrogen) atoms. The van der Waals surface area contributed by atoms with Crippen LogP contribution in [-0.2, 0) is 25.5 Å². The fourth-order valence-corrected chi connectivity index (χ4v) is 2.24. The van der Waals surface area contributed by atoms with Gasteiger partial charge in [0.05, 0.1) is 12.0 Å². The van der Waals surface area contributed by atoms with Gasteiger partial charge in [0, 0.05) is 10.6 Å². The minimum atomic E-state index is -2.53. The first kappa shape index (κ1) is 15.6. The number of azide groups is 1. The number of benzene rings is 1. The molecule has 0 radical (unpaired) electrons. The van der Waals surface area contributed by atoms with Gasteiger partial charge < -0.3 is 9.39 Å². The van der Waals surface area contributed by atoms with Crippen LogP contribution < -0.4 is 0 Å². The van der Waals surface area contributed by atoms with Crippen molar-refractivity contribution < 1.29 is 28.0 Å². The molecule has 2 atom stereocenters. The van der Waals surface area contributed by atoms with Crippen LogP contribution in [0.3, 0.4) is 0 Å². The van der Waals surface area contributed by atoms with Gasteiger partial charge >= 0.3 is 5.97 Å².